The van der Waals surface area contributed by atoms with Crippen molar-refractivity contribution >= 4 is 11.4 Å². The van der Waals surface area contributed by atoms with Crippen LogP contribution in [-0.4, -0.2) is 10.9 Å². The summed E-state index contributed by atoms with van der Waals surface area (Å²) in [5.74, 6) is -0.338. The van der Waals surface area contributed by atoms with Crippen LogP contribution in [-0.2, 0) is 10.4 Å². The molecule has 2 aromatic carbocycles. The first kappa shape index (κ1) is 15.7. The maximum Gasteiger partial charge on any atom is 0.165 e. The van der Waals surface area contributed by atoms with Crippen LogP contribution in [0.4, 0.5) is 0 Å². The van der Waals surface area contributed by atoms with Gasteiger partial charge in [0.1, 0.15) is 5.60 Å². The Labute approximate surface area is 137 Å². The van der Waals surface area contributed by atoms with Crippen LogP contribution < -0.4 is 0 Å². The monoisotopic (exact) mass is 306 g/mol. The first-order valence-corrected chi connectivity index (χ1v) is 8.25. The lowest BCUT2D eigenvalue weighted by atomic mass is 9.76. The Morgan fingerprint density at radius 1 is 0.957 bits per heavy atom. The van der Waals surface area contributed by atoms with Crippen molar-refractivity contribution in [1.29, 1.82) is 0 Å². The molecule has 0 spiro atoms. The van der Waals surface area contributed by atoms with Crippen LogP contribution in [0.2, 0.25) is 0 Å². The second kappa shape index (κ2) is 6.13. The summed E-state index contributed by atoms with van der Waals surface area (Å²) >= 11 is 0. The number of ketones is 1. The molecule has 2 aromatic rings. The van der Waals surface area contributed by atoms with Crippen LogP contribution in [0.25, 0.3) is 5.57 Å². The number of carbonyl (C=O) groups is 1. The van der Waals surface area contributed by atoms with Gasteiger partial charge in [0, 0.05) is 11.1 Å². The predicted molar refractivity (Wildman–Crippen MR) is 92.8 cm³/mol. The van der Waals surface area contributed by atoms with Gasteiger partial charge in [-0.25, -0.2) is 0 Å². The number of benzene rings is 2. The van der Waals surface area contributed by atoms with E-state index < -0.39 is 11.5 Å². The molecule has 2 atom stereocenters. The fourth-order valence-corrected chi connectivity index (χ4v) is 3.80. The summed E-state index contributed by atoms with van der Waals surface area (Å²) in [7, 11) is 0. The molecule has 2 nitrogen and oxygen atoms in total. The Bertz CT molecular complexity index is 731. The van der Waals surface area contributed by atoms with E-state index in [9.17, 15) is 9.90 Å². The van der Waals surface area contributed by atoms with Crippen molar-refractivity contribution < 1.29 is 9.90 Å². The molecule has 0 radical (unpaired) electrons. The first-order chi connectivity index (χ1) is 11.1. The van der Waals surface area contributed by atoms with E-state index in [-0.39, 0.29) is 5.78 Å². The van der Waals surface area contributed by atoms with Crippen molar-refractivity contribution in [1.82, 2.24) is 0 Å². The average molecular weight is 306 g/mol. The fraction of sp³-hybridized carbons (Fsp3) is 0.286. The van der Waals surface area contributed by atoms with Gasteiger partial charge in [0.05, 0.1) is 5.92 Å². The van der Waals surface area contributed by atoms with Gasteiger partial charge in [0.2, 0.25) is 0 Å². The van der Waals surface area contributed by atoms with E-state index in [1.807, 2.05) is 74.5 Å². The van der Waals surface area contributed by atoms with Gasteiger partial charge in [-0.3, -0.25) is 4.79 Å². The molecule has 0 aromatic heterocycles. The molecule has 0 saturated heterocycles. The van der Waals surface area contributed by atoms with Crippen LogP contribution >= 0.6 is 0 Å². The molecule has 2 heteroatoms. The highest BCUT2D eigenvalue weighted by Gasteiger charge is 2.52. The molecule has 0 heterocycles. The lowest BCUT2D eigenvalue weighted by Gasteiger charge is -2.32. The summed E-state index contributed by atoms with van der Waals surface area (Å²) in [5.41, 5.74) is 2.01. The number of allylic oxidation sites excluding steroid dienone is 1. The third-order valence-electron chi connectivity index (χ3n) is 4.84. The molecule has 0 saturated carbocycles. The van der Waals surface area contributed by atoms with Crippen LogP contribution in [0.3, 0.4) is 0 Å². The Morgan fingerprint density at radius 3 is 2.04 bits per heavy atom. The van der Waals surface area contributed by atoms with Gasteiger partial charge in [0.15, 0.2) is 5.78 Å². The van der Waals surface area contributed by atoms with Gasteiger partial charge in [-0.15, -0.1) is 0 Å². The van der Waals surface area contributed by atoms with Gasteiger partial charge in [0.25, 0.3) is 0 Å². The molecule has 0 amide bonds. The molecule has 0 aliphatic heterocycles. The number of rotatable bonds is 4. The minimum absolute atomic E-state index is 0.0835. The minimum atomic E-state index is -1.25. The van der Waals surface area contributed by atoms with Crippen LogP contribution in [0.5, 0.6) is 0 Å². The van der Waals surface area contributed by atoms with E-state index in [4.69, 9.17) is 0 Å². The molecule has 0 bridgehead atoms. The van der Waals surface area contributed by atoms with Crippen molar-refractivity contribution in [3.05, 3.63) is 77.4 Å². The first-order valence-electron chi connectivity index (χ1n) is 8.25. The third-order valence-corrected chi connectivity index (χ3v) is 4.84. The molecule has 1 N–H and O–H groups in total. The highest BCUT2D eigenvalue weighted by atomic mass is 16.3. The highest BCUT2D eigenvalue weighted by Crippen LogP contribution is 2.52. The number of carbonyl (C=O) groups excluding carboxylic acids is 1. The lowest BCUT2D eigenvalue weighted by Crippen LogP contribution is -2.35. The van der Waals surface area contributed by atoms with Crippen molar-refractivity contribution in [2.75, 3.05) is 0 Å². The highest BCUT2D eigenvalue weighted by molar-refractivity contribution is 6.11. The SMILES string of the molecule is CCC1=C(c2ccccc2)[C@@](O)(c2ccccc2)[C@H](CC)C1=O. The van der Waals surface area contributed by atoms with Gasteiger partial charge in [-0.05, 0) is 24.0 Å². The Hall–Kier alpha value is -2.19. The third kappa shape index (κ3) is 2.34. The Kier molecular flexibility index (Phi) is 4.18. The predicted octanol–water partition coefficient (Wildman–Crippen LogP) is 4.35. The summed E-state index contributed by atoms with van der Waals surface area (Å²) in [6.07, 6.45) is 1.25. The van der Waals surface area contributed by atoms with E-state index in [1.54, 1.807) is 0 Å². The van der Waals surface area contributed by atoms with Crippen molar-refractivity contribution in [2.45, 2.75) is 32.3 Å². The molecule has 0 fully saturated rings. The zero-order chi connectivity index (χ0) is 16.4. The lowest BCUT2D eigenvalue weighted by molar-refractivity contribution is -0.123. The molecule has 1 aliphatic rings. The zero-order valence-corrected chi connectivity index (χ0v) is 13.6. The second-order valence-electron chi connectivity index (χ2n) is 6.03. The van der Waals surface area contributed by atoms with E-state index in [2.05, 4.69) is 0 Å². The number of aliphatic hydroxyl groups is 1. The topological polar surface area (TPSA) is 37.3 Å². The smallest absolute Gasteiger partial charge is 0.165 e. The summed E-state index contributed by atoms with van der Waals surface area (Å²) in [6.45, 7) is 3.96. The normalized spacial score (nSPS) is 24.3. The standard InChI is InChI=1S/C21H22O2/c1-3-17-19(15-11-7-5-8-12-15)21(23,18(4-2)20(17)22)16-13-9-6-10-14-16/h5-14,18,23H,3-4H2,1-2H3/t18-,21-/m1/s1. The number of hydrogen-bond donors (Lipinski definition) is 1. The second-order valence-corrected chi connectivity index (χ2v) is 6.03. The average Bonchev–Trinajstić information content (AvgIpc) is 2.83. The van der Waals surface area contributed by atoms with Crippen LogP contribution in [0.15, 0.2) is 66.2 Å². The molecule has 23 heavy (non-hydrogen) atoms. The molecular formula is C21H22O2. The van der Waals surface area contributed by atoms with E-state index in [1.165, 1.54) is 0 Å². The molecule has 118 valence electrons. The van der Waals surface area contributed by atoms with Crippen LogP contribution in [0.1, 0.15) is 37.8 Å². The van der Waals surface area contributed by atoms with Crippen molar-refractivity contribution in [2.24, 2.45) is 5.92 Å². The van der Waals surface area contributed by atoms with E-state index in [0.29, 0.717) is 12.8 Å². The molecule has 1 aliphatic carbocycles. The van der Waals surface area contributed by atoms with E-state index in [0.717, 1.165) is 22.3 Å². The summed E-state index contributed by atoms with van der Waals surface area (Å²) < 4.78 is 0. The Balaban J connectivity index is 2.29. The van der Waals surface area contributed by atoms with Gasteiger partial charge < -0.3 is 5.11 Å². The summed E-state index contributed by atoms with van der Waals surface area (Å²) in [5, 5.41) is 11.7. The molecule has 3 rings (SSSR count). The van der Waals surface area contributed by atoms with Crippen molar-refractivity contribution in [3.8, 4) is 0 Å². The summed E-state index contributed by atoms with van der Waals surface area (Å²) in [4.78, 5) is 12.9. The molecular weight excluding hydrogens is 284 g/mol. The van der Waals surface area contributed by atoms with E-state index >= 15 is 0 Å². The maximum atomic E-state index is 12.9. The van der Waals surface area contributed by atoms with Crippen molar-refractivity contribution in [3.63, 3.8) is 0 Å². The largest absolute Gasteiger partial charge is 0.380 e. The zero-order valence-electron chi connectivity index (χ0n) is 13.6. The van der Waals surface area contributed by atoms with Gasteiger partial charge >= 0.3 is 0 Å². The fourth-order valence-electron chi connectivity index (χ4n) is 3.80. The number of hydrogen-bond acceptors (Lipinski definition) is 2. The van der Waals surface area contributed by atoms with Crippen LogP contribution in [0, 0.1) is 5.92 Å². The number of Topliss-reactive ketones (excluding diaryl/α,β-unsaturated/α-hetero) is 1. The van der Waals surface area contributed by atoms with Gasteiger partial charge in [-0.2, -0.15) is 0 Å². The Morgan fingerprint density at radius 2 is 1.52 bits per heavy atom. The molecule has 0 unspecified atom stereocenters. The van der Waals surface area contributed by atoms with Gasteiger partial charge in [-0.1, -0.05) is 74.5 Å². The summed E-state index contributed by atoms with van der Waals surface area (Å²) in [6, 6.07) is 19.4. The quantitative estimate of drug-likeness (QED) is 0.912. The maximum absolute atomic E-state index is 12.9. The minimum Gasteiger partial charge on any atom is -0.380 e.